The summed E-state index contributed by atoms with van der Waals surface area (Å²) >= 11 is 0. The van der Waals surface area contributed by atoms with Crippen molar-refractivity contribution in [2.24, 2.45) is 10.1 Å². The first kappa shape index (κ1) is 23.5. The summed E-state index contributed by atoms with van der Waals surface area (Å²) in [6, 6.07) is 6.52. The van der Waals surface area contributed by atoms with Gasteiger partial charge in [0.2, 0.25) is 0 Å². The van der Waals surface area contributed by atoms with E-state index in [1.165, 1.54) is 23.3 Å². The van der Waals surface area contributed by atoms with E-state index in [2.05, 4.69) is 20.9 Å². The van der Waals surface area contributed by atoms with Gasteiger partial charge < -0.3 is 4.90 Å². The molecule has 1 aromatic heterocycles. The first-order valence-corrected chi connectivity index (χ1v) is 11.7. The smallest absolute Gasteiger partial charge is 0.289 e. The lowest BCUT2D eigenvalue weighted by atomic mass is 10.1. The number of piperidine rings is 1. The third kappa shape index (κ3) is 4.96. The molecule has 1 atom stereocenters. The highest BCUT2D eigenvalue weighted by Crippen LogP contribution is 2.24. The molecule has 34 heavy (non-hydrogen) atoms. The van der Waals surface area contributed by atoms with Gasteiger partial charge in [-0.25, -0.2) is 19.2 Å². The molecule has 2 aliphatic rings. The summed E-state index contributed by atoms with van der Waals surface area (Å²) in [5.41, 5.74) is 6.14. The second-order valence-electron chi connectivity index (χ2n) is 7.71. The molecule has 1 aromatic carbocycles. The van der Waals surface area contributed by atoms with Gasteiger partial charge in [0.25, 0.3) is 11.8 Å². The van der Waals surface area contributed by atoms with E-state index in [-0.39, 0.29) is 21.6 Å². The van der Waals surface area contributed by atoms with E-state index in [4.69, 9.17) is 0 Å². The zero-order valence-corrected chi connectivity index (χ0v) is 19.0. The first-order valence-electron chi connectivity index (χ1n) is 10.5. The second-order valence-corrected chi connectivity index (χ2v) is 9.45. The molecular weight excluding hydrogens is 466 g/mol. The van der Waals surface area contributed by atoms with Gasteiger partial charge in [-0.05, 0) is 50.1 Å². The van der Waals surface area contributed by atoms with Crippen LogP contribution in [-0.4, -0.2) is 56.5 Å². The maximum Gasteiger partial charge on any atom is 0.289 e. The predicted octanol–water partition coefficient (Wildman–Crippen LogP) is 2.14. The van der Waals surface area contributed by atoms with Crippen LogP contribution < -0.4 is 10.9 Å². The van der Waals surface area contributed by atoms with Crippen LogP contribution in [-0.2, 0) is 15.6 Å². The van der Waals surface area contributed by atoms with E-state index in [0.29, 0.717) is 37.3 Å². The van der Waals surface area contributed by atoms with Gasteiger partial charge in [-0.15, -0.1) is 0 Å². The fourth-order valence-corrected chi connectivity index (χ4v) is 5.14. The number of nitrogens with zero attached hydrogens (tertiary/aromatic N) is 4. The second kappa shape index (κ2) is 10.1. The fraction of sp³-hybridized carbons (Fsp3) is 0.273. The van der Waals surface area contributed by atoms with Gasteiger partial charge in [-0.2, -0.15) is 5.10 Å². The molecule has 0 aliphatic carbocycles. The normalized spacial score (nSPS) is 21.1. The summed E-state index contributed by atoms with van der Waals surface area (Å²) in [6.07, 6.45) is 5.13. The number of fused-ring (bicyclic) bond motifs is 1. The lowest BCUT2D eigenvalue weighted by Crippen LogP contribution is -2.42. The molecule has 1 unspecified atom stereocenters. The van der Waals surface area contributed by atoms with Crippen molar-refractivity contribution in [3.05, 3.63) is 65.1 Å². The van der Waals surface area contributed by atoms with Crippen LogP contribution >= 0.6 is 0 Å². The highest BCUT2D eigenvalue weighted by molar-refractivity contribution is 7.85. The Bertz CT molecular complexity index is 1230. The Kier molecular flexibility index (Phi) is 6.96. The van der Waals surface area contributed by atoms with Gasteiger partial charge in [0, 0.05) is 29.4 Å². The number of nitrogens with one attached hydrogen (secondary N) is 2. The minimum Gasteiger partial charge on any atom is -0.338 e. The van der Waals surface area contributed by atoms with E-state index in [1.807, 2.05) is 0 Å². The van der Waals surface area contributed by atoms with Crippen LogP contribution in [0.3, 0.4) is 0 Å². The standard InChI is InChI=1S/C22H22F2N6O3S/c1-14-17(12-26-28-21(31)20-3-2-8-30(20)27-13-25-14)22(32)29-9-6-15(7-10-29)34(33)16-4-5-18(23)19(24)11-16/h2-5,8,11-13,15H,6-7,9-10H2,1H3,(H,25,27)(H,28,31)/b17-14+,26-12-. The van der Waals surface area contributed by atoms with Crippen LogP contribution in [0.25, 0.3) is 0 Å². The average Bonchev–Trinajstić information content (AvgIpc) is 3.30. The molecule has 12 heteroatoms. The van der Waals surface area contributed by atoms with Crippen molar-refractivity contribution in [1.29, 1.82) is 0 Å². The van der Waals surface area contributed by atoms with Crippen LogP contribution in [0.5, 0.6) is 0 Å². The Labute approximate surface area is 196 Å². The number of likely N-dealkylation sites (tertiary alicyclic amines) is 1. The quantitative estimate of drug-likeness (QED) is 0.690. The topological polar surface area (TPSA) is 108 Å². The zero-order valence-electron chi connectivity index (χ0n) is 18.2. The number of carbonyl (C=O) groups excluding carboxylic acids is 2. The fourth-order valence-electron chi connectivity index (χ4n) is 3.69. The van der Waals surface area contributed by atoms with Crippen molar-refractivity contribution in [3.8, 4) is 0 Å². The Morgan fingerprint density at radius 3 is 2.68 bits per heavy atom. The molecule has 2 aromatic rings. The van der Waals surface area contributed by atoms with Crippen molar-refractivity contribution in [2.75, 3.05) is 18.5 Å². The van der Waals surface area contributed by atoms with Gasteiger partial charge >= 0.3 is 0 Å². The van der Waals surface area contributed by atoms with E-state index in [9.17, 15) is 22.6 Å². The van der Waals surface area contributed by atoms with Crippen LogP contribution in [0.15, 0.2) is 62.8 Å². The van der Waals surface area contributed by atoms with E-state index in [0.717, 1.165) is 12.1 Å². The van der Waals surface area contributed by atoms with E-state index < -0.39 is 28.3 Å². The number of hydrogen-bond acceptors (Lipinski definition) is 6. The number of allylic oxidation sites excluding steroid dienone is 1. The van der Waals surface area contributed by atoms with Crippen LogP contribution in [0.4, 0.5) is 8.78 Å². The minimum atomic E-state index is -1.52. The van der Waals surface area contributed by atoms with Gasteiger partial charge in [-0.3, -0.25) is 23.9 Å². The van der Waals surface area contributed by atoms with Crippen molar-refractivity contribution < 1.29 is 22.6 Å². The van der Waals surface area contributed by atoms with Crippen LogP contribution in [0.2, 0.25) is 0 Å². The molecule has 2 amide bonds. The molecule has 4 rings (SSSR count). The highest BCUT2D eigenvalue weighted by atomic mass is 32.2. The number of rotatable bonds is 3. The van der Waals surface area contributed by atoms with Gasteiger partial charge in [0.1, 0.15) is 12.0 Å². The molecule has 9 nitrogen and oxygen atoms in total. The lowest BCUT2D eigenvalue weighted by molar-refractivity contribution is -0.127. The SMILES string of the molecule is C/C1=C(C(=O)N2CCC(S(=O)c3ccc(F)c(F)c3)CC2)/C=N\NC(=O)c2cccn2NC=N1. The Morgan fingerprint density at radius 2 is 1.94 bits per heavy atom. The van der Waals surface area contributed by atoms with Crippen LogP contribution in [0, 0.1) is 11.6 Å². The molecule has 2 aliphatic heterocycles. The largest absolute Gasteiger partial charge is 0.338 e. The monoisotopic (exact) mass is 488 g/mol. The molecule has 2 N–H and O–H groups in total. The third-order valence-corrected chi connectivity index (χ3v) is 7.37. The maximum absolute atomic E-state index is 13.5. The van der Waals surface area contributed by atoms with Crippen molar-refractivity contribution >= 4 is 35.2 Å². The molecule has 0 radical (unpaired) electrons. The highest BCUT2D eigenvalue weighted by Gasteiger charge is 2.29. The first-order chi connectivity index (χ1) is 16.3. The summed E-state index contributed by atoms with van der Waals surface area (Å²) in [5.74, 6) is -2.82. The number of benzene rings is 1. The summed E-state index contributed by atoms with van der Waals surface area (Å²) in [6.45, 7) is 2.30. The molecule has 178 valence electrons. The molecule has 0 bridgehead atoms. The molecule has 1 fully saturated rings. The summed E-state index contributed by atoms with van der Waals surface area (Å²) in [7, 11) is -1.52. The number of amides is 2. The predicted molar refractivity (Wildman–Crippen MR) is 123 cm³/mol. The number of aliphatic imine (C=N–C) groups is 1. The molecule has 1 saturated heterocycles. The van der Waals surface area contributed by atoms with Gasteiger partial charge in [0.05, 0.1) is 28.3 Å². The van der Waals surface area contributed by atoms with Crippen LogP contribution in [0.1, 0.15) is 30.3 Å². The molecule has 0 spiro atoms. The Hall–Kier alpha value is -3.67. The van der Waals surface area contributed by atoms with E-state index in [1.54, 1.807) is 30.2 Å². The number of hydrazone groups is 1. The van der Waals surface area contributed by atoms with Crippen molar-refractivity contribution in [1.82, 2.24) is 15.0 Å². The zero-order chi connectivity index (χ0) is 24.2. The Morgan fingerprint density at radius 1 is 1.18 bits per heavy atom. The van der Waals surface area contributed by atoms with Gasteiger partial charge in [0.15, 0.2) is 11.6 Å². The Balaban J connectivity index is 1.45. The average molecular weight is 489 g/mol. The van der Waals surface area contributed by atoms with Crippen molar-refractivity contribution in [3.63, 3.8) is 0 Å². The summed E-state index contributed by atoms with van der Waals surface area (Å²) < 4.78 is 41.0. The molecule has 0 saturated carbocycles. The summed E-state index contributed by atoms with van der Waals surface area (Å²) in [4.78, 5) is 31.6. The number of carbonyl (C=O) groups is 2. The number of aromatic nitrogens is 1. The maximum atomic E-state index is 13.5. The van der Waals surface area contributed by atoms with Crippen molar-refractivity contribution in [2.45, 2.75) is 29.9 Å². The van der Waals surface area contributed by atoms with Gasteiger partial charge in [-0.1, -0.05) is 0 Å². The lowest BCUT2D eigenvalue weighted by Gasteiger charge is -2.32. The minimum absolute atomic E-state index is 0.199. The number of hydrogen-bond donors (Lipinski definition) is 2. The molecule has 3 heterocycles. The molecular formula is C22H22F2N6O3S. The third-order valence-electron chi connectivity index (χ3n) is 5.57. The van der Waals surface area contributed by atoms with E-state index >= 15 is 0 Å². The summed E-state index contributed by atoms with van der Waals surface area (Å²) in [5, 5.41) is 3.63. The number of halogens is 2.